The average Bonchev–Trinajstić information content (AvgIpc) is 2.95. The van der Waals surface area contributed by atoms with Crippen LogP contribution in [-0.2, 0) is 0 Å². The number of rotatable bonds is 3. The molecular formula is C15H24O. The summed E-state index contributed by atoms with van der Waals surface area (Å²) >= 11 is 0. The summed E-state index contributed by atoms with van der Waals surface area (Å²) in [7, 11) is 0. The summed E-state index contributed by atoms with van der Waals surface area (Å²) in [6, 6.07) is 0. The van der Waals surface area contributed by atoms with Crippen molar-refractivity contribution < 1.29 is 5.11 Å². The van der Waals surface area contributed by atoms with Crippen molar-refractivity contribution in [2.45, 2.75) is 57.8 Å². The van der Waals surface area contributed by atoms with E-state index >= 15 is 0 Å². The lowest BCUT2D eigenvalue weighted by molar-refractivity contribution is -0.0717. The molecule has 0 unspecified atom stereocenters. The molecule has 0 aromatic rings. The lowest BCUT2D eigenvalue weighted by atomic mass is 9.48. The maximum absolute atomic E-state index is 9.56. The SMILES string of the molecule is OCC1(CC23CC4CC(CC(C4)C2)C3)CC1. The smallest absolute Gasteiger partial charge is 0.0487 e. The number of aliphatic hydroxyl groups excluding tert-OH is 1. The highest BCUT2D eigenvalue weighted by Gasteiger charge is 2.55. The molecule has 1 N–H and O–H groups in total. The Bertz CT molecular complexity index is 267. The molecule has 0 aromatic heterocycles. The fourth-order valence-corrected chi connectivity index (χ4v) is 5.87. The summed E-state index contributed by atoms with van der Waals surface area (Å²) in [6.07, 6.45) is 13.2. The van der Waals surface area contributed by atoms with Gasteiger partial charge in [0.15, 0.2) is 0 Å². The summed E-state index contributed by atoms with van der Waals surface area (Å²) in [4.78, 5) is 0. The molecule has 1 heteroatoms. The van der Waals surface area contributed by atoms with Crippen LogP contribution in [0.25, 0.3) is 0 Å². The van der Waals surface area contributed by atoms with Gasteiger partial charge in [-0.05, 0) is 86.4 Å². The Labute approximate surface area is 98.6 Å². The van der Waals surface area contributed by atoms with E-state index in [4.69, 9.17) is 0 Å². The van der Waals surface area contributed by atoms with Gasteiger partial charge in [-0.25, -0.2) is 0 Å². The van der Waals surface area contributed by atoms with Crippen LogP contribution in [0.5, 0.6) is 0 Å². The van der Waals surface area contributed by atoms with Crippen LogP contribution in [0.15, 0.2) is 0 Å². The quantitative estimate of drug-likeness (QED) is 0.773. The average molecular weight is 220 g/mol. The van der Waals surface area contributed by atoms with E-state index in [1.807, 2.05) is 0 Å². The van der Waals surface area contributed by atoms with E-state index in [1.54, 1.807) is 19.3 Å². The summed E-state index contributed by atoms with van der Waals surface area (Å²) in [5.41, 5.74) is 1.08. The summed E-state index contributed by atoms with van der Waals surface area (Å²) in [5.74, 6) is 3.21. The predicted octanol–water partition coefficient (Wildman–Crippen LogP) is 3.37. The molecule has 1 nitrogen and oxygen atoms in total. The highest BCUT2D eigenvalue weighted by molar-refractivity contribution is 5.06. The molecule has 5 aliphatic carbocycles. The third-order valence-electron chi connectivity index (χ3n) is 6.21. The lowest BCUT2D eigenvalue weighted by Crippen LogP contribution is -2.47. The molecule has 0 saturated heterocycles. The molecule has 0 heterocycles. The van der Waals surface area contributed by atoms with Crippen molar-refractivity contribution >= 4 is 0 Å². The van der Waals surface area contributed by atoms with Gasteiger partial charge >= 0.3 is 0 Å². The van der Waals surface area contributed by atoms with Gasteiger partial charge in [0.25, 0.3) is 0 Å². The van der Waals surface area contributed by atoms with Crippen LogP contribution in [0.2, 0.25) is 0 Å². The monoisotopic (exact) mass is 220 g/mol. The second-order valence-electron chi connectivity index (χ2n) is 7.75. The molecule has 0 atom stereocenters. The Hall–Kier alpha value is -0.0400. The molecule has 90 valence electrons. The Morgan fingerprint density at radius 3 is 1.75 bits per heavy atom. The van der Waals surface area contributed by atoms with E-state index in [1.165, 1.54) is 38.5 Å². The van der Waals surface area contributed by atoms with Crippen LogP contribution in [0.3, 0.4) is 0 Å². The third kappa shape index (κ3) is 1.40. The minimum Gasteiger partial charge on any atom is -0.396 e. The van der Waals surface area contributed by atoms with E-state index in [2.05, 4.69) is 0 Å². The molecule has 5 aliphatic rings. The molecule has 0 amide bonds. The van der Waals surface area contributed by atoms with Gasteiger partial charge in [0.05, 0.1) is 0 Å². The molecule has 0 spiro atoms. The molecule has 5 saturated carbocycles. The topological polar surface area (TPSA) is 20.2 Å². The lowest BCUT2D eigenvalue weighted by Gasteiger charge is -2.58. The summed E-state index contributed by atoms with van der Waals surface area (Å²) < 4.78 is 0. The Kier molecular flexibility index (Phi) is 1.89. The fourth-order valence-electron chi connectivity index (χ4n) is 5.87. The zero-order valence-corrected chi connectivity index (χ0v) is 10.3. The number of hydrogen-bond donors (Lipinski definition) is 1. The molecule has 5 fully saturated rings. The van der Waals surface area contributed by atoms with Gasteiger partial charge in [0, 0.05) is 6.61 Å². The highest BCUT2D eigenvalue weighted by atomic mass is 16.3. The maximum atomic E-state index is 9.56. The van der Waals surface area contributed by atoms with Crippen LogP contribution < -0.4 is 0 Å². The van der Waals surface area contributed by atoms with Crippen molar-refractivity contribution in [3.63, 3.8) is 0 Å². The van der Waals surface area contributed by atoms with Crippen molar-refractivity contribution in [1.82, 2.24) is 0 Å². The van der Waals surface area contributed by atoms with Crippen LogP contribution in [0.4, 0.5) is 0 Å². The Morgan fingerprint density at radius 2 is 1.38 bits per heavy atom. The minimum atomic E-state index is 0.395. The third-order valence-corrected chi connectivity index (χ3v) is 6.21. The highest BCUT2D eigenvalue weighted by Crippen LogP contribution is 2.66. The molecule has 0 aromatic carbocycles. The molecule has 16 heavy (non-hydrogen) atoms. The van der Waals surface area contributed by atoms with Crippen molar-refractivity contribution in [2.24, 2.45) is 28.6 Å². The number of hydrogen-bond acceptors (Lipinski definition) is 1. The van der Waals surface area contributed by atoms with E-state index < -0.39 is 0 Å². The van der Waals surface area contributed by atoms with Crippen LogP contribution >= 0.6 is 0 Å². The van der Waals surface area contributed by atoms with Gasteiger partial charge in [-0.15, -0.1) is 0 Å². The minimum absolute atomic E-state index is 0.395. The molecule has 0 radical (unpaired) electrons. The van der Waals surface area contributed by atoms with E-state index in [-0.39, 0.29) is 0 Å². The molecule has 5 rings (SSSR count). The van der Waals surface area contributed by atoms with Gasteiger partial charge in [0.1, 0.15) is 0 Å². The molecule has 0 aliphatic heterocycles. The van der Waals surface area contributed by atoms with Crippen LogP contribution in [0, 0.1) is 28.6 Å². The van der Waals surface area contributed by atoms with E-state index in [0.717, 1.165) is 17.8 Å². The first kappa shape index (κ1) is 9.94. The fraction of sp³-hybridized carbons (Fsp3) is 1.00. The van der Waals surface area contributed by atoms with Gasteiger partial charge in [-0.3, -0.25) is 0 Å². The standard InChI is InChI=1S/C15H24O/c16-10-14(1-2-14)9-15-6-11-3-12(7-15)5-13(4-11)8-15/h11-13,16H,1-10H2. The van der Waals surface area contributed by atoms with Crippen molar-refractivity contribution in [3.05, 3.63) is 0 Å². The zero-order chi connectivity index (χ0) is 10.8. The summed E-state index contributed by atoms with van der Waals surface area (Å²) in [5, 5.41) is 9.56. The maximum Gasteiger partial charge on any atom is 0.0487 e. The van der Waals surface area contributed by atoms with Gasteiger partial charge in [0.2, 0.25) is 0 Å². The normalized spacial score (nSPS) is 51.9. The predicted molar refractivity (Wildman–Crippen MR) is 64.0 cm³/mol. The first-order valence-corrected chi connectivity index (χ1v) is 7.32. The Morgan fingerprint density at radius 1 is 0.875 bits per heavy atom. The number of aliphatic hydroxyl groups is 1. The van der Waals surface area contributed by atoms with E-state index in [0.29, 0.717) is 17.4 Å². The van der Waals surface area contributed by atoms with Crippen LogP contribution in [0.1, 0.15) is 57.8 Å². The van der Waals surface area contributed by atoms with Gasteiger partial charge in [-0.2, -0.15) is 0 Å². The zero-order valence-electron chi connectivity index (χ0n) is 10.3. The second-order valence-corrected chi connectivity index (χ2v) is 7.75. The molecular weight excluding hydrogens is 196 g/mol. The van der Waals surface area contributed by atoms with Crippen molar-refractivity contribution in [2.75, 3.05) is 6.61 Å². The molecule has 4 bridgehead atoms. The summed E-state index contributed by atoms with van der Waals surface area (Å²) in [6.45, 7) is 0.467. The largest absolute Gasteiger partial charge is 0.396 e. The van der Waals surface area contributed by atoms with E-state index in [9.17, 15) is 5.11 Å². The van der Waals surface area contributed by atoms with Crippen molar-refractivity contribution in [3.8, 4) is 0 Å². The first-order chi connectivity index (χ1) is 7.71. The van der Waals surface area contributed by atoms with Crippen molar-refractivity contribution in [1.29, 1.82) is 0 Å². The Balaban J connectivity index is 1.57. The van der Waals surface area contributed by atoms with Gasteiger partial charge in [-0.1, -0.05) is 0 Å². The second kappa shape index (κ2) is 3.04. The van der Waals surface area contributed by atoms with Crippen LogP contribution in [-0.4, -0.2) is 11.7 Å². The first-order valence-electron chi connectivity index (χ1n) is 7.32. The van der Waals surface area contributed by atoms with Gasteiger partial charge < -0.3 is 5.11 Å².